The molecule has 0 aliphatic heterocycles. The summed E-state index contributed by atoms with van der Waals surface area (Å²) in [4.78, 5) is 11.8. The molecule has 0 aromatic heterocycles. The summed E-state index contributed by atoms with van der Waals surface area (Å²) in [6.45, 7) is 2.32. The van der Waals surface area contributed by atoms with E-state index in [4.69, 9.17) is 4.74 Å². The van der Waals surface area contributed by atoms with Crippen molar-refractivity contribution in [2.75, 3.05) is 6.61 Å². The highest BCUT2D eigenvalue weighted by Gasteiger charge is 2.06. The van der Waals surface area contributed by atoms with Crippen LogP contribution in [0, 0.1) is 6.92 Å². The van der Waals surface area contributed by atoms with Crippen LogP contribution in [0.15, 0.2) is 48.5 Å². The number of aliphatic hydroxyl groups excluding tert-OH is 1. The Bertz CT molecular complexity index is 610. The van der Waals surface area contributed by atoms with Gasteiger partial charge >= 0.3 is 0 Å². The van der Waals surface area contributed by atoms with Crippen molar-refractivity contribution in [3.05, 3.63) is 65.2 Å². The smallest absolute Gasteiger partial charge is 0.258 e. The van der Waals surface area contributed by atoms with Crippen LogP contribution in [0.4, 0.5) is 0 Å². The molecule has 110 valence electrons. The molecule has 2 aromatic rings. The highest BCUT2D eigenvalue weighted by Crippen LogP contribution is 2.17. The molecule has 0 heterocycles. The number of rotatable bonds is 6. The predicted molar refractivity (Wildman–Crippen MR) is 80.9 cm³/mol. The van der Waals surface area contributed by atoms with E-state index in [1.807, 2.05) is 37.3 Å². The quantitative estimate of drug-likeness (QED) is 0.855. The van der Waals surface area contributed by atoms with Gasteiger partial charge in [0.1, 0.15) is 5.75 Å². The maximum Gasteiger partial charge on any atom is 0.258 e. The van der Waals surface area contributed by atoms with E-state index in [0.29, 0.717) is 17.9 Å². The van der Waals surface area contributed by atoms with Gasteiger partial charge in [-0.3, -0.25) is 4.79 Å². The summed E-state index contributed by atoms with van der Waals surface area (Å²) in [6, 6.07) is 15.0. The van der Waals surface area contributed by atoms with Crippen molar-refractivity contribution >= 4 is 5.91 Å². The molecule has 4 heteroatoms. The Morgan fingerprint density at radius 3 is 2.48 bits per heavy atom. The number of benzene rings is 2. The van der Waals surface area contributed by atoms with E-state index < -0.39 is 0 Å². The third-order valence-electron chi connectivity index (χ3n) is 3.24. The number of carbonyl (C=O) groups excluding carboxylic acids is 1. The van der Waals surface area contributed by atoms with Crippen molar-refractivity contribution in [1.82, 2.24) is 5.32 Å². The summed E-state index contributed by atoms with van der Waals surface area (Å²) < 4.78 is 5.44. The Morgan fingerprint density at radius 2 is 1.76 bits per heavy atom. The van der Waals surface area contributed by atoms with E-state index in [-0.39, 0.29) is 19.1 Å². The van der Waals surface area contributed by atoms with Gasteiger partial charge in [0.2, 0.25) is 0 Å². The molecule has 0 saturated heterocycles. The number of hydrogen-bond acceptors (Lipinski definition) is 3. The minimum absolute atomic E-state index is 0.0666. The van der Waals surface area contributed by atoms with Crippen molar-refractivity contribution in [1.29, 1.82) is 0 Å². The van der Waals surface area contributed by atoms with Crippen LogP contribution in [0.2, 0.25) is 0 Å². The zero-order valence-electron chi connectivity index (χ0n) is 12.0. The highest BCUT2D eigenvalue weighted by molar-refractivity contribution is 5.77. The standard InChI is InChI=1S/C17H19NO3/c1-13-6-2-3-7-14(13)10-18-17(20)12-21-16-9-5-4-8-15(16)11-19/h2-9,19H,10-12H2,1H3,(H,18,20). The lowest BCUT2D eigenvalue weighted by molar-refractivity contribution is -0.123. The Kier molecular flexibility index (Phi) is 5.35. The van der Waals surface area contributed by atoms with Gasteiger partial charge in [-0.25, -0.2) is 0 Å². The van der Waals surface area contributed by atoms with Crippen LogP contribution < -0.4 is 10.1 Å². The number of carbonyl (C=O) groups is 1. The SMILES string of the molecule is Cc1ccccc1CNC(=O)COc1ccccc1CO. The number of nitrogens with one attached hydrogen (secondary N) is 1. The Morgan fingerprint density at radius 1 is 1.10 bits per heavy atom. The lowest BCUT2D eigenvalue weighted by Gasteiger charge is -2.11. The van der Waals surface area contributed by atoms with E-state index in [1.165, 1.54) is 0 Å². The molecule has 0 atom stereocenters. The summed E-state index contributed by atoms with van der Waals surface area (Å²) >= 11 is 0. The lowest BCUT2D eigenvalue weighted by atomic mass is 10.1. The second-order valence-corrected chi connectivity index (χ2v) is 4.76. The van der Waals surface area contributed by atoms with Gasteiger partial charge in [-0.15, -0.1) is 0 Å². The van der Waals surface area contributed by atoms with Gasteiger partial charge in [-0.1, -0.05) is 42.5 Å². The van der Waals surface area contributed by atoms with Crippen LogP contribution in [0.5, 0.6) is 5.75 Å². The average molecular weight is 285 g/mol. The van der Waals surface area contributed by atoms with Gasteiger partial charge in [-0.2, -0.15) is 0 Å². The van der Waals surface area contributed by atoms with Gasteiger partial charge in [0.05, 0.1) is 6.61 Å². The normalized spacial score (nSPS) is 10.2. The van der Waals surface area contributed by atoms with Crippen molar-refractivity contribution < 1.29 is 14.6 Å². The van der Waals surface area contributed by atoms with E-state index in [1.54, 1.807) is 18.2 Å². The predicted octanol–water partition coefficient (Wildman–Crippen LogP) is 2.18. The molecule has 4 nitrogen and oxygen atoms in total. The maximum absolute atomic E-state index is 11.8. The molecule has 0 aliphatic rings. The molecule has 2 aromatic carbocycles. The number of para-hydroxylation sites is 1. The maximum atomic E-state index is 11.8. The molecule has 21 heavy (non-hydrogen) atoms. The second-order valence-electron chi connectivity index (χ2n) is 4.76. The Labute approximate surface area is 124 Å². The number of hydrogen-bond donors (Lipinski definition) is 2. The minimum Gasteiger partial charge on any atom is -0.483 e. The zero-order chi connectivity index (χ0) is 15.1. The summed E-state index contributed by atoms with van der Waals surface area (Å²) in [6.07, 6.45) is 0. The molecule has 1 amide bonds. The van der Waals surface area contributed by atoms with E-state index >= 15 is 0 Å². The molecule has 0 unspecified atom stereocenters. The van der Waals surface area contributed by atoms with Gasteiger partial charge in [-0.05, 0) is 24.1 Å². The number of ether oxygens (including phenoxy) is 1. The first kappa shape index (κ1) is 15.1. The first-order chi connectivity index (χ1) is 10.2. The van der Waals surface area contributed by atoms with Gasteiger partial charge in [0, 0.05) is 12.1 Å². The monoisotopic (exact) mass is 285 g/mol. The Balaban J connectivity index is 1.84. The van der Waals surface area contributed by atoms with Crippen LogP contribution in [-0.2, 0) is 17.9 Å². The Hall–Kier alpha value is -2.33. The molecular weight excluding hydrogens is 266 g/mol. The summed E-state index contributed by atoms with van der Waals surface area (Å²) in [7, 11) is 0. The number of amides is 1. The molecule has 0 fully saturated rings. The first-order valence-electron chi connectivity index (χ1n) is 6.83. The van der Waals surface area contributed by atoms with Crippen molar-refractivity contribution in [2.45, 2.75) is 20.1 Å². The fourth-order valence-electron chi connectivity index (χ4n) is 1.97. The van der Waals surface area contributed by atoms with Crippen LogP contribution in [0.25, 0.3) is 0 Å². The molecule has 0 bridgehead atoms. The largest absolute Gasteiger partial charge is 0.483 e. The van der Waals surface area contributed by atoms with E-state index in [2.05, 4.69) is 5.32 Å². The van der Waals surface area contributed by atoms with Crippen molar-refractivity contribution in [2.24, 2.45) is 0 Å². The van der Waals surface area contributed by atoms with Gasteiger partial charge < -0.3 is 15.2 Å². The third kappa shape index (κ3) is 4.33. The molecular formula is C17H19NO3. The van der Waals surface area contributed by atoms with Crippen LogP contribution in [0.3, 0.4) is 0 Å². The van der Waals surface area contributed by atoms with Crippen LogP contribution >= 0.6 is 0 Å². The molecule has 0 radical (unpaired) electrons. The fraction of sp³-hybridized carbons (Fsp3) is 0.235. The summed E-state index contributed by atoms with van der Waals surface area (Å²) in [5, 5.41) is 12.0. The van der Waals surface area contributed by atoms with Gasteiger partial charge in [0.15, 0.2) is 6.61 Å². The minimum atomic E-state index is -0.189. The van der Waals surface area contributed by atoms with E-state index in [9.17, 15) is 9.90 Å². The zero-order valence-corrected chi connectivity index (χ0v) is 12.0. The molecule has 0 aliphatic carbocycles. The second kappa shape index (κ2) is 7.45. The molecule has 2 rings (SSSR count). The third-order valence-corrected chi connectivity index (χ3v) is 3.24. The number of aryl methyl sites for hydroxylation is 1. The first-order valence-corrected chi connectivity index (χ1v) is 6.83. The van der Waals surface area contributed by atoms with Crippen molar-refractivity contribution in [3.8, 4) is 5.75 Å². The van der Waals surface area contributed by atoms with Gasteiger partial charge in [0.25, 0.3) is 5.91 Å². The summed E-state index contributed by atoms with van der Waals surface area (Å²) in [5.74, 6) is 0.344. The fourth-order valence-corrected chi connectivity index (χ4v) is 1.97. The van der Waals surface area contributed by atoms with E-state index in [0.717, 1.165) is 11.1 Å². The molecule has 2 N–H and O–H groups in total. The lowest BCUT2D eigenvalue weighted by Crippen LogP contribution is -2.28. The number of aliphatic hydroxyl groups is 1. The molecule has 0 saturated carbocycles. The average Bonchev–Trinajstić information content (AvgIpc) is 2.52. The highest BCUT2D eigenvalue weighted by atomic mass is 16.5. The summed E-state index contributed by atoms with van der Waals surface area (Å²) in [5.41, 5.74) is 2.90. The topological polar surface area (TPSA) is 58.6 Å². The van der Waals surface area contributed by atoms with Crippen LogP contribution in [0.1, 0.15) is 16.7 Å². The van der Waals surface area contributed by atoms with Crippen LogP contribution in [-0.4, -0.2) is 17.6 Å². The van der Waals surface area contributed by atoms with Crippen molar-refractivity contribution in [3.63, 3.8) is 0 Å². The molecule has 0 spiro atoms.